The fourth-order valence-corrected chi connectivity index (χ4v) is 2.33. The summed E-state index contributed by atoms with van der Waals surface area (Å²) in [5.74, 6) is -1.51. The molecule has 0 aromatic rings. The van der Waals surface area contributed by atoms with Crippen LogP contribution >= 0.6 is 0 Å². The molecule has 0 spiro atoms. The van der Waals surface area contributed by atoms with Crippen LogP contribution in [-0.2, 0) is 23.8 Å². The minimum Gasteiger partial charge on any atom is -0.479 e. The third-order valence-corrected chi connectivity index (χ3v) is 3.72. The zero-order valence-corrected chi connectivity index (χ0v) is 11.6. The van der Waals surface area contributed by atoms with Crippen LogP contribution in [0, 0.1) is 0 Å². The van der Waals surface area contributed by atoms with E-state index in [9.17, 15) is 14.7 Å². The standard InChI is InChI=1S/C13H21NO6/c1-9(20-7-10-3-2-5-19-10)11(15)14-13(12(16)17)4-6-18-8-13/h9-10H,2-8H2,1H3,(H,14,15)(H,16,17). The van der Waals surface area contributed by atoms with Crippen LogP contribution in [0.5, 0.6) is 0 Å². The summed E-state index contributed by atoms with van der Waals surface area (Å²) in [7, 11) is 0. The van der Waals surface area contributed by atoms with Gasteiger partial charge in [-0.25, -0.2) is 4.79 Å². The van der Waals surface area contributed by atoms with Gasteiger partial charge in [0.25, 0.3) is 0 Å². The Bertz CT molecular complexity index is 360. The number of hydrogen-bond donors (Lipinski definition) is 2. The van der Waals surface area contributed by atoms with E-state index < -0.39 is 23.5 Å². The fraction of sp³-hybridized carbons (Fsp3) is 0.846. The minimum absolute atomic E-state index is 0.00741. The highest BCUT2D eigenvalue weighted by Gasteiger charge is 2.44. The quantitative estimate of drug-likeness (QED) is 0.710. The first-order valence-corrected chi connectivity index (χ1v) is 6.90. The van der Waals surface area contributed by atoms with Crippen LogP contribution in [-0.4, -0.2) is 61.2 Å². The van der Waals surface area contributed by atoms with Gasteiger partial charge >= 0.3 is 5.97 Å². The van der Waals surface area contributed by atoms with Crippen molar-refractivity contribution in [1.29, 1.82) is 0 Å². The molecular formula is C13H21NO6. The second-order valence-corrected chi connectivity index (χ2v) is 5.29. The summed E-state index contributed by atoms with van der Waals surface area (Å²) in [6.07, 6.45) is 1.53. The molecule has 7 heteroatoms. The fourth-order valence-electron chi connectivity index (χ4n) is 2.33. The summed E-state index contributed by atoms with van der Waals surface area (Å²) in [6, 6.07) is 0. The van der Waals surface area contributed by atoms with Crippen molar-refractivity contribution in [3.05, 3.63) is 0 Å². The molecule has 2 saturated heterocycles. The van der Waals surface area contributed by atoms with Gasteiger partial charge in [-0.15, -0.1) is 0 Å². The number of amides is 1. The van der Waals surface area contributed by atoms with Gasteiger partial charge in [-0.2, -0.15) is 0 Å². The van der Waals surface area contributed by atoms with Crippen LogP contribution < -0.4 is 5.32 Å². The van der Waals surface area contributed by atoms with Crippen LogP contribution in [0.25, 0.3) is 0 Å². The number of rotatable bonds is 6. The molecule has 0 aliphatic carbocycles. The van der Waals surface area contributed by atoms with Crippen molar-refractivity contribution in [2.75, 3.05) is 26.4 Å². The molecule has 20 heavy (non-hydrogen) atoms. The van der Waals surface area contributed by atoms with Crippen molar-refractivity contribution in [1.82, 2.24) is 5.32 Å². The number of aliphatic carboxylic acids is 1. The van der Waals surface area contributed by atoms with Gasteiger partial charge in [-0.3, -0.25) is 4.79 Å². The number of carbonyl (C=O) groups is 2. The lowest BCUT2D eigenvalue weighted by Gasteiger charge is -2.26. The highest BCUT2D eigenvalue weighted by Crippen LogP contribution is 2.19. The van der Waals surface area contributed by atoms with Gasteiger partial charge in [0.15, 0.2) is 5.54 Å². The molecule has 0 aromatic heterocycles. The number of carbonyl (C=O) groups excluding carboxylic acids is 1. The predicted molar refractivity (Wildman–Crippen MR) is 68.3 cm³/mol. The molecule has 2 aliphatic heterocycles. The van der Waals surface area contributed by atoms with E-state index in [1.807, 2.05) is 0 Å². The molecule has 1 amide bonds. The molecule has 2 fully saturated rings. The summed E-state index contributed by atoms with van der Waals surface area (Å²) >= 11 is 0. The summed E-state index contributed by atoms with van der Waals surface area (Å²) in [5, 5.41) is 11.8. The molecule has 0 aromatic carbocycles. The smallest absolute Gasteiger partial charge is 0.331 e. The number of hydrogen-bond acceptors (Lipinski definition) is 5. The summed E-state index contributed by atoms with van der Waals surface area (Å²) in [4.78, 5) is 23.3. The Balaban J connectivity index is 1.81. The number of carboxylic acids is 1. The highest BCUT2D eigenvalue weighted by molar-refractivity contribution is 5.89. The van der Waals surface area contributed by atoms with E-state index in [0.29, 0.717) is 13.2 Å². The number of nitrogens with one attached hydrogen (secondary N) is 1. The lowest BCUT2D eigenvalue weighted by atomic mass is 9.98. The molecular weight excluding hydrogens is 266 g/mol. The van der Waals surface area contributed by atoms with Crippen molar-refractivity contribution in [3.8, 4) is 0 Å². The second-order valence-electron chi connectivity index (χ2n) is 5.29. The second kappa shape index (κ2) is 6.51. The molecule has 2 aliphatic rings. The Morgan fingerprint density at radius 3 is 2.85 bits per heavy atom. The van der Waals surface area contributed by atoms with Gasteiger partial charge in [0.05, 0.1) is 19.3 Å². The molecule has 0 saturated carbocycles. The first-order valence-electron chi connectivity index (χ1n) is 6.90. The average Bonchev–Trinajstić information content (AvgIpc) is 3.07. The summed E-state index contributed by atoms with van der Waals surface area (Å²) < 4.78 is 15.9. The van der Waals surface area contributed by atoms with Crippen LogP contribution in [0.3, 0.4) is 0 Å². The van der Waals surface area contributed by atoms with E-state index in [1.165, 1.54) is 0 Å². The molecule has 0 bridgehead atoms. The Morgan fingerprint density at radius 2 is 2.30 bits per heavy atom. The maximum absolute atomic E-state index is 12.0. The molecule has 3 unspecified atom stereocenters. The van der Waals surface area contributed by atoms with Crippen molar-refractivity contribution in [2.45, 2.75) is 43.9 Å². The number of carboxylic acid groups (broad SMARTS) is 1. The molecule has 2 rings (SSSR count). The van der Waals surface area contributed by atoms with Crippen LogP contribution in [0.2, 0.25) is 0 Å². The van der Waals surface area contributed by atoms with Crippen LogP contribution in [0.4, 0.5) is 0 Å². The molecule has 114 valence electrons. The predicted octanol–water partition coefficient (Wildman–Crippen LogP) is -0.0696. The molecule has 2 N–H and O–H groups in total. The molecule has 0 radical (unpaired) electrons. The zero-order chi connectivity index (χ0) is 14.6. The summed E-state index contributed by atoms with van der Waals surface area (Å²) in [5.41, 5.74) is -1.32. The highest BCUT2D eigenvalue weighted by atomic mass is 16.5. The van der Waals surface area contributed by atoms with Gasteiger partial charge in [-0.05, 0) is 19.8 Å². The van der Waals surface area contributed by atoms with E-state index >= 15 is 0 Å². The summed E-state index contributed by atoms with van der Waals surface area (Å²) in [6.45, 7) is 3.01. The largest absolute Gasteiger partial charge is 0.479 e. The van der Waals surface area contributed by atoms with Crippen molar-refractivity contribution in [3.63, 3.8) is 0 Å². The van der Waals surface area contributed by atoms with Crippen molar-refractivity contribution in [2.24, 2.45) is 0 Å². The topological polar surface area (TPSA) is 94.1 Å². The Morgan fingerprint density at radius 1 is 1.50 bits per heavy atom. The molecule has 3 atom stereocenters. The van der Waals surface area contributed by atoms with Crippen LogP contribution in [0.15, 0.2) is 0 Å². The van der Waals surface area contributed by atoms with Gasteiger partial charge < -0.3 is 24.6 Å². The normalized spacial score (nSPS) is 31.1. The molecule has 7 nitrogen and oxygen atoms in total. The van der Waals surface area contributed by atoms with E-state index in [1.54, 1.807) is 6.92 Å². The number of ether oxygens (including phenoxy) is 3. The lowest BCUT2D eigenvalue weighted by Crippen LogP contribution is -2.57. The first kappa shape index (κ1) is 15.2. The molecule has 2 heterocycles. The monoisotopic (exact) mass is 287 g/mol. The van der Waals surface area contributed by atoms with Gasteiger partial charge in [0.1, 0.15) is 6.10 Å². The van der Waals surface area contributed by atoms with E-state index in [0.717, 1.165) is 19.4 Å². The van der Waals surface area contributed by atoms with Crippen LogP contribution in [0.1, 0.15) is 26.2 Å². The van der Waals surface area contributed by atoms with Crippen molar-refractivity contribution < 1.29 is 28.9 Å². The Hall–Kier alpha value is -1.18. The van der Waals surface area contributed by atoms with Crippen molar-refractivity contribution >= 4 is 11.9 Å². The Kier molecular flexibility index (Phi) is 4.95. The Labute approximate surface area is 117 Å². The third kappa shape index (κ3) is 3.47. The SMILES string of the molecule is CC(OCC1CCCO1)C(=O)NC1(C(=O)O)CCOC1. The minimum atomic E-state index is -1.32. The first-order chi connectivity index (χ1) is 9.53. The lowest BCUT2D eigenvalue weighted by molar-refractivity contribution is -0.150. The van der Waals surface area contributed by atoms with Gasteiger partial charge in [0.2, 0.25) is 5.91 Å². The van der Waals surface area contributed by atoms with E-state index in [2.05, 4.69) is 5.32 Å². The maximum atomic E-state index is 12.0. The average molecular weight is 287 g/mol. The van der Waals surface area contributed by atoms with Gasteiger partial charge in [0, 0.05) is 19.6 Å². The van der Waals surface area contributed by atoms with Gasteiger partial charge in [-0.1, -0.05) is 0 Å². The zero-order valence-electron chi connectivity index (χ0n) is 11.6. The maximum Gasteiger partial charge on any atom is 0.331 e. The third-order valence-electron chi connectivity index (χ3n) is 3.72. The van der Waals surface area contributed by atoms with E-state index in [4.69, 9.17) is 14.2 Å². The van der Waals surface area contributed by atoms with E-state index in [-0.39, 0.29) is 19.1 Å².